The lowest BCUT2D eigenvalue weighted by Crippen LogP contribution is -2.32. The van der Waals surface area contributed by atoms with E-state index in [1.807, 2.05) is 13.0 Å². The van der Waals surface area contributed by atoms with Crippen LogP contribution in [0.5, 0.6) is 0 Å². The molecule has 1 fully saturated rings. The first kappa shape index (κ1) is 14.3. The number of hydrogen-bond acceptors (Lipinski definition) is 2. The molecular weight excluding hydrogens is 236 g/mol. The second kappa shape index (κ2) is 6.90. The third-order valence-electron chi connectivity index (χ3n) is 4.34. The fraction of sp³-hybridized carbons (Fsp3) is 0.688. The summed E-state index contributed by atoms with van der Waals surface area (Å²) < 4.78 is 2.26. The van der Waals surface area contributed by atoms with Crippen molar-refractivity contribution < 1.29 is 4.79 Å². The number of aldehydes is 1. The molecule has 1 heterocycles. The van der Waals surface area contributed by atoms with Crippen LogP contribution in [0.4, 0.5) is 0 Å². The van der Waals surface area contributed by atoms with E-state index in [1.165, 1.54) is 37.8 Å². The zero-order chi connectivity index (χ0) is 13.7. The highest BCUT2D eigenvalue weighted by Crippen LogP contribution is 2.17. The van der Waals surface area contributed by atoms with Crippen molar-refractivity contribution in [1.29, 1.82) is 0 Å². The molecule has 0 amide bonds. The molecule has 19 heavy (non-hydrogen) atoms. The molecule has 0 spiro atoms. The summed E-state index contributed by atoms with van der Waals surface area (Å²) in [5.74, 6) is 0. The highest BCUT2D eigenvalue weighted by Gasteiger charge is 2.12. The fourth-order valence-corrected chi connectivity index (χ4v) is 3.14. The van der Waals surface area contributed by atoms with Crippen LogP contribution >= 0.6 is 0 Å². The zero-order valence-electron chi connectivity index (χ0n) is 12.2. The van der Waals surface area contributed by atoms with Gasteiger partial charge in [0.2, 0.25) is 0 Å². The molecule has 3 nitrogen and oxygen atoms in total. The van der Waals surface area contributed by atoms with Crippen LogP contribution in [-0.2, 0) is 6.54 Å². The molecule has 0 bridgehead atoms. The van der Waals surface area contributed by atoms with Gasteiger partial charge in [-0.1, -0.05) is 19.3 Å². The smallest absolute Gasteiger partial charge is 0.151 e. The Morgan fingerprint density at radius 1 is 1.32 bits per heavy atom. The van der Waals surface area contributed by atoms with Crippen LogP contribution in [0, 0.1) is 13.8 Å². The van der Waals surface area contributed by atoms with Crippen LogP contribution in [-0.4, -0.2) is 23.4 Å². The minimum absolute atomic E-state index is 0.742. The molecule has 2 rings (SSSR count). The summed E-state index contributed by atoms with van der Waals surface area (Å²) in [5.41, 5.74) is 3.13. The number of aromatic nitrogens is 1. The van der Waals surface area contributed by atoms with E-state index in [0.717, 1.165) is 43.1 Å². The Bertz CT molecular complexity index is 417. The Morgan fingerprint density at radius 3 is 2.68 bits per heavy atom. The molecule has 106 valence electrons. The topological polar surface area (TPSA) is 34.0 Å². The molecule has 1 saturated carbocycles. The molecule has 3 heteroatoms. The van der Waals surface area contributed by atoms with Crippen molar-refractivity contribution in [3.63, 3.8) is 0 Å². The Balaban J connectivity index is 1.76. The Kier molecular flexibility index (Phi) is 5.20. The lowest BCUT2D eigenvalue weighted by Gasteiger charge is -2.23. The van der Waals surface area contributed by atoms with E-state index in [2.05, 4.69) is 16.8 Å². The van der Waals surface area contributed by atoms with Crippen molar-refractivity contribution in [2.45, 2.75) is 65.0 Å². The van der Waals surface area contributed by atoms with Crippen LogP contribution in [0.25, 0.3) is 0 Å². The normalized spacial score (nSPS) is 16.7. The maximum atomic E-state index is 10.9. The minimum Gasteiger partial charge on any atom is -0.348 e. The van der Waals surface area contributed by atoms with Crippen molar-refractivity contribution in [1.82, 2.24) is 9.88 Å². The van der Waals surface area contributed by atoms with Gasteiger partial charge in [0.05, 0.1) is 0 Å². The molecule has 1 aromatic heterocycles. The standard InChI is InChI=1S/C16H26N2O/c1-13-11-15(12-19)14(2)18(13)10-6-9-17-16-7-4-3-5-8-16/h11-12,16-17H,3-10H2,1-2H3. The van der Waals surface area contributed by atoms with E-state index in [0.29, 0.717) is 0 Å². The largest absolute Gasteiger partial charge is 0.348 e. The minimum atomic E-state index is 0.742. The lowest BCUT2D eigenvalue weighted by molar-refractivity contribution is 0.112. The van der Waals surface area contributed by atoms with Gasteiger partial charge >= 0.3 is 0 Å². The van der Waals surface area contributed by atoms with Gasteiger partial charge in [0, 0.05) is 29.5 Å². The molecular formula is C16H26N2O. The van der Waals surface area contributed by atoms with Gasteiger partial charge in [-0.15, -0.1) is 0 Å². The maximum Gasteiger partial charge on any atom is 0.151 e. The maximum absolute atomic E-state index is 10.9. The molecule has 0 unspecified atom stereocenters. The quantitative estimate of drug-likeness (QED) is 0.631. The number of hydrogen-bond donors (Lipinski definition) is 1. The van der Waals surface area contributed by atoms with Crippen LogP contribution in [0.3, 0.4) is 0 Å². The summed E-state index contributed by atoms with van der Waals surface area (Å²) in [6.45, 7) is 6.20. The van der Waals surface area contributed by atoms with E-state index >= 15 is 0 Å². The monoisotopic (exact) mass is 262 g/mol. The zero-order valence-corrected chi connectivity index (χ0v) is 12.2. The van der Waals surface area contributed by atoms with Gasteiger partial charge in [-0.05, 0) is 45.7 Å². The summed E-state index contributed by atoms with van der Waals surface area (Å²) in [7, 11) is 0. The summed E-state index contributed by atoms with van der Waals surface area (Å²) in [6, 6.07) is 2.72. The van der Waals surface area contributed by atoms with Crippen molar-refractivity contribution in [3.8, 4) is 0 Å². The van der Waals surface area contributed by atoms with Crippen molar-refractivity contribution in [3.05, 3.63) is 23.0 Å². The second-order valence-electron chi connectivity index (χ2n) is 5.74. The summed E-state index contributed by atoms with van der Waals surface area (Å²) in [4.78, 5) is 10.9. The summed E-state index contributed by atoms with van der Waals surface area (Å²) in [6.07, 6.45) is 8.96. The predicted molar refractivity (Wildman–Crippen MR) is 78.8 cm³/mol. The Hall–Kier alpha value is -1.09. The van der Waals surface area contributed by atoms with Gasteiger partial charge in [0.25, 0.3) is 0 Å². The average molecular weight is 262 g/mol. The third-order valence-corrected chi connectivity index (χ3v) is 4.34. The lowest BCUT2D eigenvalue weighted by atomic mass is 9.95. The van der Waals surface area contributed by atoms with Crippen LogP contribution in [0.2, 0.25) is 0 Å². The highest BCUT2D eigenvalue weighted by atomic mass is 16.1. The number of rotatable bonds is 6. The first-order valence-corrected chi connectivity index (χ1v) is 7.57. The first-order valence-electron chi connectivity index (χ1n) is 7.57. The first-order chi connectivity index (χ1) is 9.22. The number of carbonyl (C=O) groups is 1. The van der Waals surface area contributed by atoms with E-state index in [-0.39, 0.29) is 0 Å². The predicted octanol–water partition coefficient (Wildman–Crippen LogP) is 3.23. The van der Waals surface area contributed by atoms with Gasteiger partial charge < -0.3 is 9.88 Å². The molecule has 0 radical (unpaired) electrons. The van der Waals surface area contributed by atoms with E-state index in [9.17, 15) is 4.79 Å². The van der Waals surface area contributed by atoms with E-state index < -0.39 is 0 Å². The molecule has 1 aromatic rings. The molecule has 1 N–H and O–H groups in total. The average Bonchev–Trinajstić information content (AvgIpc) is 2.71. The van der Waals surface area contributed by atoms with Crippen molar-refractivity contribution in [2.24, 2.45) is 0 Å². The number of aryl methyl sites for hydroxylation is 1. The summed E-state index contributed by atoms with van der Waals surface area (Å²) >= 11 is 0. The van der Waals surface area contributed by atoms with Gasteiger partial charge in [-0.3, -0.25) is 4.79 Å². The van der Waals surface area contributed by atoms with Gasteiger partial charge in [0.1, 0.15) is 0 Å². The van der Waals surface area contributed by atoms with Gasteiger partial charge in [-0.25, -0.2) is 0 Å². The molecule has 0 aromatic carbocycles. The van der Waals surface area contributed by atoms with Crippen LogP contribution in [0.1, 0.15) is 60.3 Å². The van der Waals surface area contributed by atoms with Crippen LogP contribution in [0.15, 0.2) is 6.07 Å². The summed E-state index contributed by atoms with van der Waals surface area (Å²) in [5, 5.41) is 3.67. The van der Waals surface area contributed by atoms with Gasteiger partial charge in [-0.2, -0.15) is 0 Å². The number of nitrogens with one attached hydrogen (secondary N) is 1. The van der Waals surface area contributed by atoms with Crippen molar-refractivity contribution >= 4 is 6.29 Å². The molecule has 0 saturated heterocycles. The molecule has 0 atom stereocenters. The molecule has 0 aliphatic heterocycles. The molecule has 1 aliphatic rings. The third kappa shape index (κ3) is 3.69. The Labute approximate surface area is 116 Å². The SMILES string of the molecule is Cc1cc(C=O)c(C)n1CCCNC1CCCCC1. The molecule has 1 aliphatic carbocycles. The Morgan fingerprint density at radius 2 is 2.05 bits per heavy atom. The van der Waals surface area contributed by atoms with Crippen LogP contribution < -0.4 is 5.32 Å². The highest BCUT2D eigenvalue weighted by molar-refractivity contribution is 5.77. The number of nitrogens with zero attached hydrogens (tertiary/aromatic N) is 1. The van der Waals surface area contributed by atoms with Crippen molar-refractivity contribution in [2.75, 3.05) is 6.54 Å². The van der Waals surface area contributed by atoms with E-state index in [4.69, 9.17) is 0 Å². The van der Waals surface area contributed by atoms with E-state index in [1.54, 1.807) is 0 Å². The van der Waals surface area contributed by atoms with Gasteiger partial charge in [0.15, 0.2) is 6.29 Å². The second-order valence-corrected chi connectivity index (χ2v) is 5.74. The fourth-order valence-electron chi connectivity index (χ4n) is 3.14. The number of carbonyl (C=O) groups excluding carboxylic acids is 1.